The van der Waals surface area contributed by atoms with E-state index in [9.17, 15) is 18.3 Å². The second-order valence-electron chi connectivity index (χ2n) is 7.44. The van der Waals surface area contributed by atoms with Crippen LogP contribution in [0.25, 0.3) is 11.4 Å². The molecule has 162 valence electrons. The molecule has 1 N–H and O–H groups in total. The van der Waals surface area contributed by atoms with E-state index in [1.807, 2.05) is 31.2 Å². The van der Waals surface area contributed by atoms with Crippen LogP contribution in [0.15, 0.2) is 94.9 Å². The predicted molar refractivity (Wildman–Crippen MR) is 121 cm³/mol. The van der Waals surface area contributed by atoms with Gasteiger partial charge in [0.2, 0.25) is 9.84 Å². The van der Waals surface area contributed by atoms with Crippen LogP contribution in [0.4, 0.5) is 0 Å². The van der Waals surface area contributed by atoms with Gasteiger partial charge in [-0.3, -0.25) is 9.78 Å². The molecule has 0 saturated carbocycles. The van der Waals surface area contributed by atoms with Gasteiger partial charge in [0, 0.05) is 18.3 Å². The fraction of sp³-hybridized carbons (Fsp3) is 0.120. The Labute approximate surface area is 186 Å². The van der Waals surface area contributed by atoms with Crippen molar-refractivity contribution in [2.24, 2.45) is 0 Å². The molecule has 7 heteroatoms. The number of aromatic nitrogens is 2. The second kappa shape index (κ2) is 8.80. The summed E-state index contributed by atoms with van der Waals surface area (Å²) in [7, 11) is -3.69. The number of hydrogen-bond donors (Lipinski definition) is 1. The maximum atomic E-state index is 13.3. The molecule has 0 aliphatic rings. The molecule has 0 aliphatic carbocycles. The average Bonchev–Trinajstić information content (AvgIpc) is 3.10. The molecule has 2 aromatic carbocycles. The standard InChI is InChI=1S/C25H22N2O4S/c1-18-20(16-23(27(18)17-25(28)29)22-12-7-8-14-26-22)15-19-9-5-6-13-24(19)32(30,31)21-10-3-2-4-11-21/h2-14,16H,15,17H2,1H3,(H,28,29). The van der Waals surface area contributed by atoms with Gasteiger partial charge in [0.05, 0.1) is 21.2 Å². The summed E-state index contributed by atoms with van der Waals surface area (Å²) in [4.78, 5) is 16.3. The molecule has 0 saturated heterocycles. The largest absolute Gasteiger partial charge is 0.480 e. The lowest BCUT2D eigenvalue weighted by atomic mass is 10.1. The quantitative estimate of drug-likeness (QED) is 0.455. The fourth-order valence-corrected chi connectivity index (χ4v) is 5.30. The summed E-state index contributed by atoms with van der Waals surface area (Å²) < 4.78 is 28.3. The summed E-state index contributed by atoms with van der Waals surface area (Å²) in [5.74, 6) is -0.959. The van der Waals surface area contributed by atoms with Gasteiger partial charge in [-0.25, -0.2) is 8.42 Å². The van der Waals surface area contributed by atoms with Crippen molar-refractivity contribution in [3.8, 4) is 11.4 Å². The van der Waals surface area contributed by atoms with E-state index in [-0.39, 0.29) is 16.3 Å². The van der Waals surface area contributed by atoms with E-state index >= 15 is 0 Å². The number of sulfone groups is 1. The summed E-state index contributed by atoms with van der Waals surface area (Å²) in [6.45, 7) is 1.64. The molecule has 4 aromatic rings. The number of hydrogen-bond acceptors (Lipinski definition) is 4. The van der Waals surface area contributed by atoms with Crippen molar-refractivity contribution >= 4 is 15.8 Å². The number of pyridine rings is 1. The Bertz CT molecular complexity index is 1360. The number of aliphatic carboxylic acids is 1. The molecule has 0 fully saturated rings. The first-order valence-electron chi connectivity index (χ1n) is 10.1. The Hall–Kier alpha value is -3.71. The van der Waals surface area contributed by atoms with Crippen molar-refractivity contribution in [2.45, 2.75) is 29.7 Å². The van der Waals surface area contributed by atoms with Gasteiger partial charge in [-0.15, -0.1) is 0 Å². The Balaban J connectivity index is 1.80. The zero-order chi connectivity index (χ0) is 22.7. The van der Waals surface area contributed by atoms with Crippen LogP contribution in [0.2, 0.25) is 0 Å². The predicted octanol–water partition coefficient (Wildman–Crippen LogP) is 4.37. The van der Waals surface area contributed by atoms with Crippen LogP contribution in [0, 0.1) is 6.92 Å². The van der Waals surface area contributed by atoms with Gasteiger partial charge in [-0.2, -0.15) is 0 Å². The lowest BCUT2D eigenvalue weighted by Crippen LogP contribution is -2.12. The van der Waals surface area contributed by atoms with Crippen LogP contribution in [-0.4, -0.2) is 29.0 Å². The highest BCUT2D eigenvalue weighted by molar-refractivity contribution is 7.91. The molecule has 0 atom stereocenters. The molecule has 0 amide bonds. The van der Waals surface area contributed by atoms with E-state index in [4.69, 9.17) is 0 Å². The number of benzene rings is 2. The number of carbonyl (C=O) groups is 1. The van der Waals surface area contributed by atoms with Gasteiger partial charge in [-0.05, 0) is 54.4 Å². The lowest BCUT2D eigenvalue weighted by molar-refractivity contribution is -0.137. The molecular weight excluding hydrogens is 424 g/mol. The smallest absolute Gasteiger partial charge is 0.323 e. The first-order valence-corrected chi connectivity index (χ1v) is 11.6. The van der Waals surface area contributed by atoms with Crippen molar-refractivity contribution in [3.05, 3.63) is 102 Å². The topological polar surface area (TPSA) is 89.3 Å². The second-order valence-corrected chi connectivity index (χ2v) is 9.35. The molecule has 0 unspecified atom stereocenters. The number of carboxylic acids is 1. The molecule has 0 aliphatic heterocycles. The van der Waals surface area contributed by atoms with Gasteiger partial charge in [-0.1, -0.05) is 42.5 Å². The van der Waals surface area contributed by atoms with E-state index in [1.54, 1.807) is 65.4 Å². The van der Waals surface area contributed by atoms with E-state index in [0.29, 0.717) is 23.4 Å². The third-order valence-corrected chi connectivity index (χ3v) is 7.26. The Kier molecular flexibility index (Phi) is 5.92. The van der Waals surface area contributed by atoms with Gasteiger partial charge in [0.25, 0.3) is 0 Å². The third kappa shape index (κ3) is 4.20. The Morgan fingerprint density at radius 1 is 0.938 bits per heavy atom. The SMILES string of the molecule is Cc1c(Cc2ccccc2S(=O)(=O)c2ccccc2)cc(-c2ccccn2)n1CC(=O)O. The Morgan fingerprint density at radius 3 is 2.31 bits per heavy atom. The molecule has 32 heavy (non-hydrogen) atoms. The van der Waals surface area contributed by atoms with Gasteiger partial charge >= 0.3 is 5.97 Å². The van der Waals surface area contributed by atoms with Gasteiger partial charge in [0.1, 0.15) is 6.54 Å². The molecule has 2 heterocycles. The van der Waals surface area contributed by atoms with E-state index in [1.165, 1.54) is 0 Å². The number of carboxylic acid groups (broad SMARTS) is 1. The molecule has 0 radical (unpaired) electrons. The summed E-state index contributed by atoms with van der Waals surface area (Å²) in [5, 5.41) is 9.42. The van der Waals surface area contributed by atoms with Gasteiger partial charge in [0.15, 0.2) is 0 Å². The molecule has 6 nitrogen and oxygen atoms in total. The van der Waals surface area contributed by atoms with Crippen LogP contribution in [-0.2, 0) is 27.6 Å². The van der Waals surface area contributed by atoms with Gasteiger partial charge < -0.3 is 9.67 Å². The van der Waals surface area contributed by atoms with Crippen LogP contribution in [0.5, 0.6) is 0 Å². The minimum absolute atomic E-state index is 0.207. The van der Waals surface area contributed by atoms with Crippen LogP contribution < -0.4 is 0 Å². The van der Waals surface area contributed by atoms with E-state index in [2.05, 4.69) is 4.98 Å². The summed E-state index contributed by atoms with van der Waals surface area (Å²) in [5.41, 5.74) is 3.61. The lowest BCUT2D eigenvalue weighted by Gasteiger charge is -2.11. The van der Waals surface area contributed by atoms with Crippen molar-refractivity contribution in [2.75, 3.05) is 0 Å². The molecular formula is C25H22N2O4S. The third-order valence-electron chi connectivity index (χ3n) is 5.39. The highest BCUT2D eigenvalue weighted by atomic mass is 32.2. The first-order chi connectivity index (χ1) is 15.4. The monoisotopic (exact) mass is 446 g/mol. The molecule has 0 spiro atoms. The molecule has 4 rings (SSSR count). The minimum atomic E-state index is -3.69. The van der Waals surface area contributed by atoms with E-state index in [0.717, 1.165) is 11.3 Å². The summed E-state index contributed by atoms with van der Waals surface area (Å²) >= 11 is 0. The molecule has 0 bridgehead atoms. The van der Waals surface area contributed by atoms with Crippen molar-refractivity contribution in [1.82, 2.24) is 9.55 Å². The maximum Gasteiger partial charge on any atom is 0.323 e. The number of rotatable bonds is 7. The average molecular weight is 447 g/mol. The summed E-state index contributed by atoms with van der Waals surface area (Å²) in [6, 6.07) is 22.6. The highest BCUT2D eigenvalue weighted by Gasteiger charge is 2.23. The van der Waals surface area contributed by atoms with Crippen molar-refractivity contribution in [1.29, 1.82) is 0 Å². The van der Waals surface area contributed by atoms with Crippen LogP contribution >= 0.6 is 0 Å². The number of nitrogens with zero attached hydrogens (tertiary/aromatic N) is 2. The zero-order valence-electron chi connectivity index (χ0n) is 17.5. The molecule has 2 aromatic heterocycles. The fourth-order valence-electron chi connectivity index (χ4n) is 3.79. The first kappa shape index (κ1) is 21.5. The highest BCUT2D eigenvalue weighted by Crippen LogP contribution is 2.30. The van der Waals surface area contributed by atoms with Crippen LogP contribution in [0.3, 0.4) is 0 Å². The minimum Gasteiger partial charge on any atom is -0.480 e. The summed E-state index contributed by atoms with van der Waals surface area (Å²) in [6.07, 6.45) is 2.00. The van der Waals surface area contributed by atoms with Crippen molar-refractivity contribution < 1.29 is 18.3 Å². The van der Waals surface area contributed by atoms with Crippen LogP contribution in [0.1, 0.15) is 16.8 Å². The van der Waals surface area contributed by atoms with Crippen molar-refractivity contribution in [3.63, 3.8) is 0 Å². The Morgan fingerprint density at radius 2 is 1.62 bits per heavy atom. The van der Waals surface area contributed by atoms with E-state index < -0.39 is 15.8 Å². The normalized spacial score (nSPS) is 11.4. The zero-order valence-corrected chi connectivity index (χ0v) is 18.3. The maximum absolute atomic E-state index is 13.3.